The molecule has 9 heteroatoms. The number of rotatable bonds is 9. The van der Waals surface area contributed by atoms with Crippen molar-refractivity contribution < 1.29 is 29.3 Å². The van der Waals surface area contributed by atoms with Crippen molar-refractivity contribution in [1.29, 1.82) is 0 Å². The molecule has 2 rings (SSSR count). The lowest BCUT2D eigenvalue weighted by Gasteiger charge is -2.26. The third kappa shape index (κ3) is 7.49. The summed E-state index contributed by atoms with van der Waals surface area (Å²) in [5.41, 5.74) is 1.38. The maximum atomic E-state index is 12.6. The van der Waals surface area contributed by atoms with E-state index in [1.807, 2.05) is 6.92 Å². The summed E-state index contributed by atoms with van der Waals surface area (Å²) < 4.78 is 6.81. The first-order valence-electron chi connectivity index (χ1n) is 9.74. The Morgan fingerprint density at radius 3 is 2.41 bits per heavy atom. The Kier molecular flexibility index (Phi) is 9.46. The van der Waals surface area contributed by atoms with E-state index in [1.165, 1.54) is 13.0 Å². The molecule has 170 valence electrons. The first-order chi connectivity index (χ1) is 15.1. The third-order valence-electron chi connectivity index (χ3n) is 4.70. The summed E-state index contributed by atoms with van der Waals surface area (Å²) >= 11 is 6.67. The summed E-state index contributed by atoms with van der Waals surface area (Å²) in [4.78, 5) is 34.7. The molecule has 0 saturated heterocycles. The standard InChI is InChI=1S/C23H23Br2NO6/c1-13(5-3-4-6-20(28)29)22(18-11-16(24)12-19(25)21(18)30)32-23(31)26-17-9-7-15(8-10-17)14(2)27/h4,6-13,22,30H,3,5H2,1-2H3,(H,26,31)(H,28,29)/b6-4+/t13-,22+/m0/s1. The van der Waals surface area contributed by atoms with Crippen molar-refractivity contribution in [1.82, 2.24) is 0 Å². The van der Waals surface area contributed by atoms with Crippen LogP contribution in [0.4, 0.5) is 10.5 Å². The number of benzene rings is 2. The SMILES string of the molecule is CC(=O)c1ccc(NC(=O)O[C@@H](c2cc(Br)cc(Br)c2O)[C@@H](C)CC/C=C/C(=O)O)cc1. The number of carboxylic acid groups (broad SMARTS) is 1. The predicted octanol–water partition coefficient (Wildman–Crippen LogP) is 6.47. The Labute approximate surface area is 202 Å². The Balaban J connectivity index is 2.22. The molecule has 2 atom stereocenters. The van der Waals surface area contributed by atoms with Gasteiger partial charge in [0, 0.05) is 27.4 Å². The number of ketones is 1. The monoisotopic (exact) mass is 567 g/mol. The second-order valence-corrected chi connectivity index (χ2v) is 8.98. The fraction of sp³-hybridized carbons (Fsp3) is 0.261. The quantitative estimate of drug-likeness (QED) is 0.236. The van der Waals surface area contributed by atoms with Gasteiger partial charge < -0.3 is 14.9 Å². The second-order valence-electron chi connectivity index (χ2n) is 7.21. The molecule has 0 saturated carbocycles. The molecule has 0 aromatic heterocycles. The second kappa shape index (κ2) is 11.8. The zero-order valence-corrected chi connectivity index (χ0v) is 20.6. The van der Waals surface area contributed by atoms with Crippen LogP contribution < -0.4 is 5.32 Å². The Morgan fingerprint density at radius 2 is 1.81 bits per heavy atom. The van der Waals surface area contributed by atoms with Gasteiger partial charge in [-0.1, -0.05) is 28.9 Å². The first-order valence-corrected chi connectivity index (χ1v) is 11.3. The van der Waals surface area contributed by atoms with Gasteiger partial charge in [-0.15, -0.1) is 0 Å². The molecule has 0 aliphatic carbocycles. The van der Waals surface area contributed by atoms with E-state index >= 15 is 0 Å². The normalized spacial score (nSPS) is 12.9. The third-order valence-corrected chi connectivity index (χ3v) is 5.76. The van der Waals surface area contributed by atoms with Crippen molar-refractivity contribution in [2.24, 2.45) is 5.92 Å². The number of hydrogen-bond acceptors (Lipinski definition) is 5. The van der Waals surface area contributed by atoms with Gasteiger partial charge in [-0.2, -0.15) is 0 Å². The number of aliphatic carboxylic acids is 1. The lowest BCUT2D eigenvalue weighted by atomic mass is 9.92. The highest BCUT2D eigenvalue weighted by Gasteiger charge is 2.27. The first kappa shape index (κ1) is 25.6. The Morgan fingerprint density at radius 1 is 1.16 bits per heavy atom. The van der Waals surface area contributed by atoms with Gasteiger partial charge in [0.25, 0.3) is 0 Å². The minimum atomic E-state index is -1.03. The highest BCUT2D eigenvalue weighted by molar-refractivity contribution is 9.11. The molecule has 7 nitrogen and oxygen atoms in total. The fourth-order valence-corrected chi connectivity index (χ4v) is 4.29. The van der Waals surface area contributed by atoms with E-state index in [-0.39, 0.29) is 17.5 Å². The molecule has 0 heterocycles. The van der Waals surface area contributed by atoms with Crippen LogP contribution in [0.3, 0.4) is 0 Å². The van der Waals surface area contributed by atoms with Crippen LogP contribution in [0, 0.1) is 5.92 Å². The van der Waals surface area contributed by atoms with Crippen LogP contribution in [0.15, 0.2) is 57.5 Å². The van der Waals surface area contributed by atoms with E-state index in [2.05, 4.69) is 37.2 Å². The Bertz CT molecular complexity index is 1020. The van der Waals surface area contributed by atoms with Crippen LogP contribution >= 0.6 is 31.9 Å². The zero-order chi connectivity index (χ0) is 23.8. The molecule has 0 bridgehead atoms. The molecule has 1 amide bonds. The number of Topliss-reactive ketones (excluding diaryl/α,β-unsaturated/α-hetero) is 1. The van der Waals surface area contributed by atoms with Crippen LogP contribution in [0.2, 0.25) is 0 Å². The molecular formula is C23H23Br2NO6. The number of amides is 1. The zero-order valence-electron chi connectivity index (χ0n) is 17.5. The van der Waals surface area contributed by atoms with Crippen LogP contribution in [0.5, 0.6) is 5.75 Å². The minimum absolute atomic E-state index is 0.0512. The van der Waals surface area contributed by atoms with Gasteiger partial charge in [-0.05, 0) is 78.0 Å². The number of aromatic hydroxyl groups is 1. The van der Waals surface area contributed by atoms with Gasteiger partial charge in [0.05, 0.1) is 4.47 Å². The molecule has 3 N–H and O–H groups in total. The smallest absolute Gasteiger partial charge is 0.412 e. The maximum Gasteiger partial charge on any atom is 0.412 e. The summed E-state index contributed by atoms with van der Waals surface area (Å²) in [6.07, 6.45) is 2.03. The topological polar surface area (TPSA) is 113 Å². The van der Waals surface area contributed by atoms with E-state index < -0.39 is 18.2 Å². The number of carbonyl (C=O) groups excluding carboxylic acids is 2. The number of phenols is 1. The van der Waals surface area contributed by atoms with E-state index in [4.69, 9.17) is 9.84 Å². The average Bonchev–Trinajstić information content (AvgIpc) is 2.72. The predicted molar refractivity (Wildman–Crippen MR) is 128 cm³/mol. The van der Waals surface area contributed by atoms with Gasteiger partial charge in [-0.3, -0.25) is 10.1 Å². The van der Waals surface area contributed by atoms with Gasteiger partial charge in [0.2, 0.25) is 0 Å². The number of ether oxygens (including phenoxy) is 1. The summed E-state index contributed by atoms with van der Waals surface area (Å²) in [5.74, 6) is -1.41. The minimum Gasteiger partial charge on any atom is -0.506 e. The molecule has 32 heavy (non-hydrogen) atoms. The van der Waals surface area contributed by atoms with E-state index in [0.29, 0.717) is 38.6 Å². The summed E-state index contributed by atoms with van der Waals surface area (Å²) in [7, 11) is 0. The number of carbonyl (C=O) groups is 3. The lowest BCUT2D eigenvalue weighted by molar-refractivity contribution is -0.131. The number of hydrogen-bond donors (Lipinski definition) is 3. The molecule has 0 unspecified atom stereocenters. The van der Waals surface area contributed by atoms with Gasteiger partial charge >= 0.3 is 12.1 Å². The molecule has 0 aliphatic rings. The van der Waals surface area contributed by atoms with Crippen LogP contribution in [-0.4, -0.2) is 28.1 Å². The van der Waals surface area contributed by atoms with Gasteiger partial charge in [-0.25, -0.2) is 9.59 Å². The number of phenolic OH excluding ortho intramolecular Hbond substituents is 1. The summed E-state index contributed by atoms with van der Waals surface area (Å²) in [6, 6.07) is 9.74. The van der Waals surface area contributed by atoms with E-state index in [0.717, 1.165) is 6.08 Å². The van der Waals surface area contributed by atoms with Crippen LogP contribution in [0.25, 0.3) is 0 Å². The number of carboxylic acids is 1. The molecule has 2 aromatic carbocycles. The average molecular weight is 569 g/mol. The van der Waals surface area contributed by atoms with E-state index in [1.54, 1.807) is 36.4 Å². The number of halogens is 2. The number of allylic oxidation sites excluding steroid dienone is 1. The highest BCUT2D eigenvalue weighted by Crippen LogP contribution is 2.40. The largest absolute Gasteiger partial charge is 0.506 e. The molecule has 0 fully saturated rings. The molecule has 0 radical (unpaired) electrons. The Hall–Kier alpha value is -2.65. The number of nitrogens with one attached hydrogen (secondary N) is 1. The maximum absolute atomic E-state index is 12.6. The van der Waals surface area contributed by atoms with E-state index in [9.17, 15) is 19.5 Å². The van der Waals surface area contributed by atoms with Gasteiger partial charge in [0.1, 0.15) is 11.9 Å². The molecule has 2 aromatic rings. The van der Waals surface area contributed by atoms with Crippen LogP contribution in [-0.2, 0) is 9.53 Å². The van der Waals surface area contributed by atoms with Gasteiger partial charge in [0.15, 0.2) is 5.78 Å². The highest BCUT2D eigenvalue weighted by atomic mass is 79.9. The van der Waals surface area contributed by atoms with Crippen molar-refractivity contribution in [2.75, 3.05) is 5.32 Å². The lowest BCUT2D eigenvalue weighted by Crippen LogP contribution is -2.22. The summed E-state index contributed by atoms with van der Waals surface area (Å²) in [6.45, 7) is 3.30. The molecule has 0 spiro atoms. The fourth-order valence-electron chi connectivity index (χ4n) is 3.03. The molecule has 0 aliphatic heterocycles. The van der Waals surface area contributed by atoms with Crippen LogP contribution in [0.1, 0.15) is 48.7 Å². The molecular weight excluding hydrogens is 546 g/mol. The van der Waals surface area contributed by atoms with Crippen molar-refractivity contribution in [3.8, 4) is 5.75 Å². The van der Waals surface area contributed by atoms with Crippen molar-refractivity contribution in [2.45, 2.75) is 32.8 Å². The summed E-state index contributed by atoms with van der Waals surface area (Å²) in [5, 5.41) is 21.9. The number of anilines is 1. The van der Waals surface area contributed by atoms with Crippen molar-refractivity contribution >= 4 is 55.4 Å². The van der Waals surface area contributed by atoms with Crippen molar-refractivity contribution in [3.05, 3.63) is 68.6 Å². The van der Waals surface area contributed by atoms with Crippen molar-refractivity contribution in [3.63, 3.8) is 0 Å².